The van der Waals surface area contributed by atoms with E-state index in [1.54, 1.807) is 30.4 Å². The van der Waals surface area contributed by atoms with Crippen LogP contribution in [0, 0.1) is 17.8 Å². The highest BCUT2D eigenvalue weighted by molar-refractivity contribution is 6.16. The van der Waals surface area contributed by atoms with E-state index in [9.17, 15) is 19.2 Å². The summed E-state index contributed by atoms with van der Waals surface area (Å²) < 4.78 is 11.3. The average Bonchev–Trinajstić information content (AvgIpc) is 2.99. The van der Waals surface area contributed by atoms with E-state index < -0.39 is 29.9 Å². The zero-order valence-electron chi connectivity index (χ0n) is 28.2. The predicted molar refractivity (Wildman–Crippen MR) is 183 cm³/mol. The Labute approximate surface area is 272 Å². The number of ketones is 2. The van der Waals surface area contributed by atoms with Crippen LogP contribution in [0.4, 0.5) is 11.4 Å². The number of hydrogen-bond acceptors (Lipinski definition) is 10. The van der Waals surface area contributed by atoms with E-state index in [2.05, 4.69) is 0 Å². The summed E-state index contributed by atoms with van der Waals surface area (Å²) in [6.07, 6.45) is 6.44. The maximum atomic E-state index is 13.5. The summed E-state index contributed by atoms with van der Waals surface area (Å²) in [6, 6.07) is 9.11. The lowest BCUT2D eigenvalue weighted by atomic mass is 9.81. The molecule has 0 radical (unpaired) electrons. The number of rotatable bonds is 12. The van der Waals surface area contributed by atoms with Crippen LogP contribution in [0.2, 0.25) is 0 Å². The van der Waals surface area contributed by atoms with Crippen molar-refractivity contribution in [3.05, 3.63) is 59.2 Å². The number of carbonyl (C=O) groups excluding carboxylic acids is 4. The van der Waals surface area contributed by atoms with Gasteiger partial charge in [0.2, 0.25) is 0 Å². The maximum absolute atomic E-state index is 13.5. The molecular weight excluding hydrogens is 584 g/mol. The van der Waals surface area contributed by atoms with E-state index in [1.165, 1.54) is 6.08 Å². The molecule has 10 nitrogen and oxygen atoms in total. The maximum Gasteiger partial charge on any atom is 0.328 e. The van der Waals surface area contributed by atoms with E-state index >= 15 is 0 Å². The van der Waals surface area contributed by atoms with Gasteiger partial charge in [0.15, 0.2) is 23.1 Å². The third-order valence-electron chi connectivity index (χ3n) is 8.03. The molecule has 3 atom stereocenters. The average molecular weight is 633 g/mol. The molecule has 1 fully saturated rings. The lowest BCUT2D eigenvalue weighted by molar-refractivity contribution is -0.137. The Morgan fingerprint density at radius 1 is 0.804 bits per heavy atom. The van der Waals surface area contributed by atoms with Crippen LogP contribution in [0.1, 0.15) is 58.1 Å². The second-order valence-corrected chi connectivity index (χ2v) is 12.8. The van der Waals surface area contributed by atoms with Crippen molar-refractivity contribution in [1.29, 1.82) is 0 Å². The monoisotopic (exact) mass is 632 g/mol. The molecule has 248 valence electrons. The topological polar surface area (TPSA) is 145 Å². The van der Waals surface area contributed by atoms with Crippen LogP contribution in [0.5, 0.6) is 11.5 Å². The molecule has 2 aromatic carbocycles. The van der Waals surface area contributed by atoms with Gasteiger partial charge in [-0.1, -0.05) is 45.9 Å². The summed E-state index contributed by atoms with van der Waals surface area (Å²) in [5.74, 6) is -1.90. The van der Waals surface area contributed by atoms with Crippen molar-refractivity contribution in [2.24, 2.45) is 29.2 Å². The van der Waals surface area contributed by atoms with E-state index in [1.807, 2.05) is 83.9 Å². The third kappa shape index (κ3) is 9.14. The minimum atomic E-state index is -0.805. The highest BCUT2D eigenvalue weighted by Crippen LogP contribution is 2.33. The van der Waals surface area contributed by atoms with Crippen molar-refractivity contribution in [2.75, 3.05) is 38.0 Å². The van der Waals surface area contributed by atoms with Gasteiger partial charge in [0.05, 0.1) is 17.3 Å². The first-order chi connectivity index (χ1) is 21.6. The molecule has 1 saturated carbocycles. The molecule has 3 rings (SSSR count). The number of benzene rings is 2. The molecule has 0 aromatic heterocycles. The van der Waals surface area contributed by atoms with Gasteiger partial charge in [-0.3, -0.25) is 9.59 Å². The Bertz CT molecular complexity index is 1510. The standard InChI is InChI=1S/C36H48N4O6/c1-21(2)32(37)35(43)45-30-19-23(12-15-27(30)39(5)6)14-17-29(41)26-11-9-10-25(34(26)42)18-24-13-16-28(40(7)8)31(20-24)46-36(44)33(38)22(3)4/h12-22,26,32-33H,9-11,37-38H2,1-8H3. The molecule has 0 amide bonds. The van der Waals surface area contributed by atoms with E-state index in [-0.39, 0.29) is 23.4 Å². The number of nitrogens with two attached hydrogens (primary N) is 2. The lowest BCUT2D eigenvalue weighted by Gasteiger charge is -2.22. The van der Waals surface area contributed by atoms with Gasteiger partial charge in [-0.25, -0.2) is 9.59 Å². The number of hydrogen-bond donors (Lipinski definition) is 2. The smallest absolute Gasteiger partial charge is 0.328 e. The van der Waals surface area contributed by atoms with Crippen LogP contribution in [0.25, 0.3) is 12.2 Å². The molecule has 1 aliphatic carbocycles. The molecule has 0 aliphatic heterocycles. The molecule has 46 heavy (non-hydrogen) atoms. The minimum absolute atomic E-state index is 0.0883. The quantitative estimate of drug-likeness (QED) is 0.147. The van der Waals surface area contributed by atoms with Crippen LogP contribution in [0.15, 0.2) is 48.0 Å². The van der Waals surface area contributed by atoms with Crippen molar-refractivity contribution in [3.8, 4) is 11.5 Å². The number of carbonyl (C=O) groups is 4. The third-order valence-corrected chi connectivity index (χ3v) is 8.03. The van der Waals surface area contributed by atoms with Gasteiger partial charge in [0.1, 0.15) is 12.1 Å². The SMILES string of the molecule is CC(C)C(N)C(=O)Oc1cc(C=CC(=O)C2CCCC(=Cc3ccc(N(C)C)c(OC(=O)C(N)C(C)C)c3)C2=O)ccc1N(C)C. The molecular formula is C36H48N4O6. The molecule has 0 heterocycles. The fourth-order valence-electron chi connectivity index (χ4n) is 4.94. The zero-order chi connectivity index (χ0) is 34.3. The van der Waals surface area contributed by atoms with Gasteiger partial charge < -0.3 is 30.7 Å². The van der Waals surface area contributed by atoms with Crippen molar-refractivity contribution in [1.82, 2.24) is 0 Å². The second-order valence-electron chi connectivity index (χ2n) is 12.8. The largest absolute Gasteiger partial charge is 0.423 e. The van der Waals surface area contributed by atoms with E-state index in [0.717, 1.165) is 0 Å². The Balaban J connectivity index is 1.82. The van der Waals surface area contributed by atoms with Crippen LogP contribution in [-0.4, -0.2) is 63.8 Å². The van der Waals surface area contributed by atoms with Crippen molar-refractivity contribution in [3.63, 3.8) is 0 Å². The number of ether oxygens (including phenoxy) is 2. The Morgan fingerprint density at radius 2 is 1.28 bits per heavy atom. The highest BCUT2D eigenvalue weighted by Gasteiger charge is 2.31. The van der Waals surface area contributed by atoms with Crippen molar-refractivity contribution >= 4 is 47.0 Å². The van der Waals surface area contributed by atoms with Crippen LogP contribution in [0.3, 0.4) is 0 Å². The molecule has 2 aromatic rings. The highest BCUT2D eigenvalue weighted by atomic mass is 16.5. The Hall–Kier alpha value is -4.28. The van der Waals surface area contributed by atoms with Gasteiger partial charge in [-0.15, -0.1) is 0 Å². The number of nitrogens with zero attached hydrogens (tertiary/aromatic N) is 2. The lowest BCUT2D eigenvalue weighted by Crippen LogP contribution is -2.38. The number of anilines is 2. The Morgan fingerprint density at radius 3 is 1.76 bits per heavy atom. The number of esters is 2. The fourth-order valence-corrected chi connectivity index (χ4v) is 4.94. The van der Waals surface area contributed by atoms with E-state index in [0.29, 0.717) is 58.8 Å². The number of Topliss-reactive ketones (excluding diaryl/α,β-unsaturated/α-hetero) is 1. The second kappa shape index (κ2) is 15.8. The first-order valence-corrected chi connectivity index (χ1v) is 15.6. The van der Waals surface area contributed by atoms with Gasteiger partial charge >= 0.3 is 11.9 Å². The minimum Gasteiger partial charge on any atom is -0.423 e. The van der Waals surface area contributed by atoms with Crippen molar-refractivity contribution in [2.45, 2.75) is 59.0 Å². The van der Waals surface area contributed by atoms with Crippen molar-refractivity contribution < 1.29 is 28.7 Å². The molecule has 0 spiro atoms. The summed E-state index contributed by atoms with van der Waals surface area (Å²) in [4.78, 5) is 55.6. The Kier molecular flexibility index (Phi) is 12.4. The van der Waals surface area contributed by atoms with Crippen LogP contribution in [-0.2, 0) is 19.2 Å². The molecule has 3 unspecified atom stereocenters. The first-order valence-electron chi connectivity index (χ1n) is 15.6. The molecule has 4 N–H and O–H groups in total. The van der Waals surface area contributed by atoms with Crippen LogP contribution >= 0.6 is 0 Å². The summed E-state index contributed by atoms with van der Waals surface area (Å²) in [5.41, 5.74) is 15.2. The van der Waals surface area contributed by atoms with Crippen LogP contribution < -0.4 is 30.7 Å². The molecule has 0 bridgehead atoms. The van der Waals surface area contributed by atoms with E-state index in [4.69, 9.17) is 20.9 Å². The first kappa shape index (κ1) is 36.2. The summed E-state index contributed by atoms with van der Waals surface area (Å²) in [6.45, 7) is 7.38. The molecule has 10 heteroatoms. The zero-order valence-corrected chi connectivity index (χ0v) is 28.2. The van der Waals surface area contributed by atoms with Gasteiger partial charge in [0, 0.05) is 28.2 Å². The van der Waals surface area contributed by atoms with Gasteiger partial charge in [0.25, 0.3) is 0 Å². The van der Waals surface area contributed by atoms with Gasteiger partial charge in [-0.2, -0.15) is 0 Å². The molecule has 1 aliphatic rings. The molecule has 0 saturated heterocycles. The fraction of sp³-hybridized carbons (Fsp3) is 0.444. The summed E-state index contributed by atoms with van der Waals surface area (Å²) in [5, 5.41) is 0. The van der Waals surface area contributed by atoms with Gasteiger partial charge in [-0.05, 0) is 84.2 Å². The predicted octanol–water partition coefficient (Wildman–Crippen LogP) is 4.63. The summed E-state index contributed by atoms with van der Waals surface area (Å²) >= 11 is 0. The summed E-state index contributed by atoms with van der Waals surface area (Å²) in [7, 11) is 7.35. The normalized spacial score (nSPS) is 17.3. The number of allylic oxidation sites excluding steroid dienone is 2.